The van der Waals surface area contributed by atoms with Crippen molar-refractivity contribution < 1.29 is 0 Å². The molecule has 0 bridgehead atoms. The topological polar surface area (TPSA) is 87.4 Å². The Labute approximate surface area is 179 Å². The van der Waals surface area contributed by atoms with Gasteiger partial charge in [-0.3, -0.25) is 9.97 Å². The number of hydrogen-bond donors (Lipinski definition) is 1. The third-order valence-corrected chi connectivity index (χ3v) is 5.30. The van der Waals surface area contributed by atoms with Crippen LogP contribution in [0.2, 0.25) is 0 Å². The van der Waals surface area contributed by atoms with E-state index in [-0.39, 0.29) is 0 Å². The molecule has 0 aliphatic rings. The first kappa shape index (κ1) is 18.6. The Morgan fingerprint density at radius 3 is 2.71 bits per heavy atom. The number of benzene rings is 2. The molecule has 0 atom stereocenters. The molecule has 6 heteroatoms. The number of nitriles is 1. The maximum absolute atomic E-state index is 9.03. The zero-order chi connectivity index (χ0) is 21.2. The maximum Gasteiger partial charge on any atom is 0.133 e. The highest BCUT2D eigenvalue weighted by molar-refractivity contribution is 5.84. The predicted molar refractivity (Wildman–Crippen MR) is 121 cm³/mol. The van der Waals surface area contributed by atoms with E-state index in [9.17, 15) is 0 Å². The number of aromatic nitrogens is 4. The molecule has 0 spiro atoms. The molecule has 3 heterocycles. The van der Waals surface area contributed by atoms with Crippen molar-refractivity contribution in [1.29, 1.82) is 5.26 Å². The van der Waals surface area contributed by atoms with Crippen LogP contribution in [-0.2, 0) is 6.54 Å². The van der Waals surface area contributed by atoms with Gasteiger partial charge in [0, 0.05) is 40.8 Å². The molecule has 2 aromatic carbocycles. The van der Waals surface area contributed by atoms with Crippen LogP contribution in [0.15, 0.2) is 73.3 Å². The fourth-order valence-electron chi connectivity index (χ4n) is 3.67. The zero-order valence-electron chi connectivity index (χ0n) is 16.9. The summed E-state index contributed by atoms with van der Waals surface area (Å²) in [4.78, 5) is 17.7. The molecule has 31 heavy (non-hydrogen) atoms. The normalized spacial score (nSPS) is 10.8. The summed E-state index contributed by atoms with van der Waals surface area (Å²) >= 11 is 0. The lowest BCUT2D eigenvalue weighted by Crippen LogP contribution is -2.05. The fraction of sp³-hybridized carbons (Fsp3) is 0.0800. The van der Waals surface area contributed by atoms with Gasteiger partial charge in [-0.25, -0.2) is 9.97 Å². The Morgan fingerprint density at radius 1 is 0.903 bits per heavy atom. The Bertz CT molecular complexity index is 1470. The van der Waals surface area contributed by atoms with Crippen molar-refractivity contribution >= 4 is 27.6 Å². The number of pyridine rings is 2. The van der Waals surface area contributed by atoms with E-state index >= 15 is 0 Å². The molecule has 0 radical (unpaired) electrons. The van der Waals surface area contributed by atoms with Crippen molar-refractivity contribution in [3.05, 3.63) is 90.0 Å². The van der Waals surface area contributed by atoms with Crippen LogP contribution in [0.5, 0.6) is 0 Å². The number of hydrogen-bond acceptors (Lipinski definition) is 6. The Morgan fingerprint density at radius 2 is 1.81 bits per heavy atom. The van der Waals surface area contributed by atoms with Crippen molar-refractivity contribution in [2.45, 2.75) is 13.5 Å². The van der Waals surface area contributed by atoms with Crippen LogP contribution in [0.4, 0.5) is 5.82 Å². The highest BCUT2D eigenvalue weighted by Gasteiger charge is 2.10. The second-order valence-electron chi connectivity index (χ2n) is 7.32. The third kappa shape index (κ3) is 3.65. The van der Waals surface area contributed by atoms with Gasteiger partial charge in [-0.05, 0) is 42.8 Å². The Kier molecular flexibility index (Phi) is 4.70. The molecule has 0 saturated carbocycles. The minimum Gasteiger partial charge on any atom is -0.366 e. The highest BCUT2D eigenvalue weighted by atomic mass is 15.0. The number of nitrogens with zero attached hydrogens (tertiary/aromatic N) is 5. The maximum atomic E-state index is 9.03. The van der Waals surface area contributed by atoms with Crippen LogP contribution in [-0.4, -0.2) is 19.9 Å². The summed E-state index contributed by atoms with van der Waals surface area (Å²) in [7, 11) is 0. The first-order valence-corrected chi connectivity index (χ1v) is 9.91. The van der Waals surface area contributed by atoms with Crippen LogP contribution >= 0.6 is 0 Å². The molecule has 0 unspecified atom stereocenters. The molecule has 148 valence electrons. The van der Waals surface area contributed by atoms with Gasteiger partial charge < -0.3 is 5.32 Å². The van der Waals surface area contributed by atoms with E-state index in [1.807, 2.05) is 49.4 Å². The third-order valence-electron chi connectivity index (χ3n) is 5.30. The van der Waals surface area contributed by atoms with Gasteiger partial charge in [0.1, 0.15) is 18.2 Å². The minimum absolute atomic E-state index is 0.562. The number of anilines is 1. The first-order valence-electron chi connectivity index (χ1n) is 9.91. The van der Waals surface area contributed by atoms with Gasteiger partial charge in [0.25, 0.3) is 0 Å². The average molecular weight is 402 g/mol. The van der Waals surface area contributed by atoms with E-state index in [2.05, 4.69) is 43.5 Å². The predicted octanol–water partition coefficient (Wildman–Crippen LogP) is 5.03. The van der Waals surface area contributed by atoms with Gasteiger partial charge in [-0.2, -0.15) is 5.26 Å². The summed E-state index contributed by atoms with van der Waals surface area (Å²) in [5.74, 6) is 0.796. The molecule has 0 saturated heterocycles. The lowest BCUT2D eigenvalue weighted by Gasteiger charge is -2.12. The second-order valence-corrected chi connectivity index (χ2v) is 7.32. The monoisotopic (exact) mass is 402 g/mol. The van der Waals surface area contributed by atoms with Gasteiger partial charge in [-0.1, -0.05) is 24.3 Å². The lowest BCUT2D eigenvalue weighted by molar-refractivity contribution is 1.06. The molecule has 1 N–H and O–H groups in total. The van der Waals surface area contributed by atoms with Crippen molar-refractivity contribution in [2.75, 3.05) is 5.32 Å². The van der Waals surface area contributed by atoms with E-state index < -0.39 is 0 Å². The van der Waals surface area contributed by atoms with Gasteiger partial charge in [-0.15, -0.1) is 0 Å². The largest absolute Gasteiger partial charge is 0.366 e. The summed E-state index contributed by atoms with van der Waals surface area (Å²) in [6.45, 7) is 2.63. The van der Waals surface area contributed by atoms with E-state index in [0.717, 1.165) is 50.0 Å². The van der Waals surface area contributed by atoms with Crippen LogP contribution in [0.25, 0.3) is 33.1 Å². The molecule has 3 aromatic heterocycles. The van der Waals surface area contributed by atoms with Gasteiger partial charge in [0.15, 0.2) is 0 Å². The van der Waals surface area contributed by atoms with Gasteiger partial charge in [0.05, 0.1) is 22.3 Å². The Balaban J connectivity index is 1.41. The molecule has 5 aromatic rings. The van der Waals surface area contributed by atoms with E-state index in [0.29, 0.717) is 12.1 Å². The van der Waals surface area contributed by atoms with E-state index in [4.69, 9.17) is 5.26 Å². The smallest absolute Gasteiger partial charge is 0.133 e. The molecule has 0 aliphatic carbocycles. The van der Waals surface area contributed by atoms with E-state index in [1.54, 1.807) is 18.7 Å². The molecule has 0 fully saturated rings. The first-order chi connectivity index (χ1) is 15.2. The number of rotatable bonds is 4. The summed E-state index contributed by atoms with van der Waals surface area (Å²) in [6, 6.07) is 20.2. The second kappa shape index (κ2) is 7.81. The zero-order valence-corrected chi connectivity index (χ0v) is 16.9. The molecule has 6 nitrogen and oxygen atoms in total. The van der Waals surface area contributed by atoms with Crippen LogP contribution in [0.1, 0.15) is 16.7 Å². The molecule has 5 rings (SSSR count). The molecular weight excluding hydrogens is 384 g/mol. The van der Waals surface area contributed by atoms with Crippen LogP contribution in [0.3, 0.4) is 0 Å². The SMILES string of the molecule is Cc1c(NCc2ccc3cc(C#N)cnc3c2)ncnc1-c1ccc2ncccc2c1. The Hall–Kier alpha value is -4.37. The fourth-order valence-corrected chi connectivity index (χ4v) is 3.67. The molecule has 0 aliphatic heterocycles. The standard InChI is InChI=1S/C25H18N6/c1-16-24(21-6-7-22-19(11-21)3-2-8-27-22)30-15-31-25(16)29-13-17-4-5-20-9-18(12-26)14-28-23(20)10-17/h2-11,14-15H,13H2,1H3,(H,29,30,31). The average Bonchev–Trinajstić information content (AvgIpc) is 2.82. The highest BCUT2D eigenvalue weighted by Crippen LogP contribution is 2.27. The van der Waals surface area contributed by atoms with Crippen LogP contribution in [0, 0.1) is 18.3 Å². The van der Waals surface area contributed by atoms with Crippen molar-refractivity contribution in [1.82, 2.24) is 19.9 Å². The van der Waals surface area contributed by atoms with Crippen molar-refractivity contribution in [2.24, 2.45) is 0 Å². The van der Waals surface area contributed by atoms with E-state index in [1.165, 1.54) is 0 Å². The summed E-state index contributed by atoms with van der Waals surface area (Å²) in [5, 5.41) is 14.5. The number of fused-ring (bicyclic) bond motifs is 2. The minimum atomic E-state index is 0.562. The molecular formula is C25H18N6. The summed E-state index contributed by atoms with van der Waals surface area (Å²) < 4.78 is 0. The van der Waals surface area contributed by atoms with Gasteiger partial charge in [0.2, 0.25) is 0 Å². The van der Waals surface area contributed by atoms with Crippen molar-refractivity contribution in [3.63, 3.8) is 0 Å². The number of nitrogens with one attached hydrogen (secondary N) is 1. The lowest BCUT2D eigenvalue weighted by atomic mass is 10.0. The quantitative estimate of drug-likeness (QED) is 0.453. The summed E-state index contributed by atoms with van der Waals surface area (Å²) in [6.07, 6.45) is 4.98. The summed E-state index contributed by atoms with van der Waals surface area (Å²) in [5.41, 5.74) is 6.39. The van der Waals surface area contributed by atoms with Crippen molar-refractivity contribution in [3.8, 4) is 17.3 Å². The molecule has 0 amide bonds. The van der Waals surface area contributed by atoms with Gasteiger partial charge >= 0.3 is 0 Å². The van der Waals surface area contributed by atoms with Crippen LogP contribution < -0.4 is 5.32 Å².